The molecule has 3 atom stereocenters. The summed E-state index contributed by atoms with van der Waals surface area (Å²) in [5.41, 5.74) is 2.65. The number of hydrogen-bond donors (Lipinski definition) is 1. The monoisotopic (exact) mass is 273 g/mol. The van der Waals surface area contributed by atoms with E-state index in [1.54, 1.807) is 0 Å². The van der Waals surface area contributed by atoms with Crippen LogP contribution in [0.15, 0.2) is 18.2 Å². The largest absolute Gasteiger partial charge is 0.487 e. The molecule has 1 aromatic carbocycles. The zero-order valence-electron chi connectivity index (χ0n) is 12.3. The Labute approximate surface area is 120 Å². The van der Waals surface area contributed by atoms with E-state index in [0.29, 0.717) is 18.2 Å². The van der Waals surface area contributed by atoms with Crippen molar-refractivity contribution in [2.24, 2.45) is 0 Å². The van der Waals surface area contributed by atoms with Gasteiger partial charge in [-0.3, -0.25) is 0 Å². The predicted molar refractivity (Wildman–Crippen MR) is 78.0 cm³/mol. The molecular formula is C17H23NO2. The molecular weight excluding hydrogens is 250 g/mol. The van der Waals surface area contributed by atoms with Crippen molar-refractivity contribution < 1.29 is 9.47 Å². The van der Waals surface area contributed by atoms with E-state index in [9.17, 15) is 0 Å². The van der Waals surface area contributed by atoms with Crippen LogP contribution in [0.2, 0.25) is 0 Å². The molecule has 1 aromatic rings. The smallest absolute Gasteiger partial charge is 0.123 e. The Balaban J connectivity index is 1.41. The van der Waals surface area contributed by atoms with Crippen LogP contribution in [0.3, 0.4) is 0 Å². The van der Waals surface area contributed by atoms with Crippen molar-refractivity contribution in [1.29, 1.82) is 0 Å². The molecule has 4 rings (SSSR count). The third-order valence-electron chi connectivity index (χ3n) is 4.80. The molecule has 0 aliphatic carbocycles. The Kier molecular flexibility index (Phi) is 2.83. The van der Waals surface area contributed by atoms with Gasteiger partial charge in [-0.15, -0.1) is 0 Å². The highest BCUT2D eigenvalue weighted by Gasteiger charge is 2.40. The summed E-state index contributed by atoms with van der Waals surface area (Å²) in [6.07, 6.45) is 5.66. The Morgan fingerprint density at radius 1 is 1.30 bits per heavy atom. The summed E-state index contributed by atoms with van der Waals surface area (Å²) in [6, 6.07) is 7.15. The molecule has 3 aliphatic heterocycles. The molecule has 3 aliphatic rings. The molecule has 2 fully saturated rings. The minimum atomic E-state index is -0.0488. The van der Waals surface area contributed by atoms with Gasteiger partial charge in [0.15, 0.2) is 0 Å². The average Bonchev–Trinajstić information content (AvgIpc) is 3.06. The van der Waals surface area contributed by atoms with Crippen LogP contribution in [0.1, 0.15) is 44.2 Å². The lowest BCUT2D eigenvalue weighted by molar-refractivity contribution is 0.0973. The minimum absolute atomic E-state index is 0.0488. The molecule has 2 saturated heterocycles. The van der Waals surface area contributed by atoms with Gasteiger partial charge in [0.1, 0.15) is 11.4 Å². The summed E-state index contributed by atoms with van der Waals surface area (Å²) in [5.74, 6) is 1.06. The zero-order valence-corrected chi connectivity index (χ0v) is 12.3. The van der Waals surface area contributed by atoms with E-state index in [1.165, 1.54) is 30.4 Å². The topological polar surface area (TPSA) is 30.5 Å². The molecule has 108 valence electrons. The number of benzene rings is 1. The summed E-state index contributed by atoms with van der Waals surface area (Å²) in [7, 11) is 0. The number of ether oxygens (including phenoxy) is 2. The van der Waals surface area contributed by atoms with Crippen LogP contribution >= 0.6 is 0 Å². The van der Waals surface area contributed by atoms with Crippen molar-refractivity contribution in [3.63, 3.8) is 0 Å². The first kappa shape index (κ1) is 12.7. The van der Waals surface area contributed by atoms with Crippen molar-refractivity contribution in [1.82, 2.24) is 5.32 Å². The molecule has 0 radical (unpaired) electrons. The van der Waals surface area contributed by atoms with Crippen molar-refractivity contribution in [3.8, 4) is 5.75 Å². The van der Waals surface area contributed by atoms with Gasteiger partial charge in [-0.25, -0.2) is 0 Å². The number of fused-ring (bicyclic) bond motifs is 3. The Hall–Kier alpha value is -1.06. The van der Waals surface area contributed by atoms with Gasteiger partial charge >= 0.3 is 0 Å². The number of rotatable bonds is 3. The van der Waals surface area contributed by atoms with E-state index >= 15 is 0 Å². The van der Waals surface area contributed by atoms with Crippen molar-refractivity contribution in [2.45, 2.75) is 69.9 Å². The van der Waals surface area contributed by atoms with E-state index in [4.69, 9.17) is 9.47 Å². The van der Waals surface area contributed by atoms with Gasteiger partial charge in [0.05, 0.1) is 12.2 Å². The minimum Gasteiger partial charge on any atom is -0.487 e. The van der Waals surface area contributed by atoms with Gasteiger partial charge in [-0.2, -0.15) is 0 Å². The lowest BCUT2D eigenvalue weighted by Gasteiger charge is -2.20. The van der Waals surface area contributed by atoms with Crippen LogP contribution in [0.4, 0.5) is 0 Å². The van der Waals surface area contributed by atoms with Crippen LogP contribution < -0.4 is 10.1 Å². The predicted octanol–water partition coefficient (Wildman–Crippen LogP) is 2.81. The molecule has 0 amide bonds. The van der Waals surface area contributed by atoms with E-state index in [1.807, 2.05) is 0 Å². The molecule has 1 N–H and O–H groups in total. The standard InChI is InChI=1S/C17H23NO2/c1-17(2)9-12-7-11(3-5-15(12)20-17)10-18-14-8-13-4-6-16(14)19-13/h3,5,7,13-14,16,18H,4,6,8-10H2,1-2H3. The second kappa shape index (κ2) is 4.47. The van der Waals surface area contributed by atoms with Crippen LogP contribution in [-0.4, -0.2) is 23.9 Å². The van der Waals surface area contributed by atoms with E-state index in [0.717, 1.165) is 18.7 Å². The van der Waals surface area contributed by atoms with E-state index in [2.05, 4.69) is 37.4 Å². The van der Waals surface area contributed by atoms with Gasteiger partial charge in [0.2, 0.25) is 0 Å². The van der Waals surface area contributed by atoms with Crippen molar-refractivity contribution >= 4 is 0 Å². The van der Waals surface area contributed by atoms with Crippen LogP contribution in [-0.2, 0) is 17.7 Å². The third kappa shape index (κ3) is 2.23. The Bertz CT molecular complexity index is 526. The number of hydrogen-bond acceptors (Lipinski definition) is 3. The van der Waals surface area contributed by atoms with Gasteiger partial charge in [0, 0.05) is 19.0 Å². The van der Waals surface area contributed by atoms with Crippen LogP contribution in [0.25, 0.3) is 0 Å². The van der Waals surface area contributed by atoms with Crippen LogP contribution in [0.5, 0.6) is 5.75 Å². The maximum atomic E-state index is 5.93. The van der Waals surface area contributed by atoms with Crippen molar-refractivity contribution in [2.75, 3.05) is 0 Å². The fraction of sp³-hybridized carbons (Fsp3) is 0.647. The van der Waals surface area contributed by atoms with Gasteiger partial charge in [-0.05, 0) is 50.3 Å². The molecule has 2 bridgehead atoms. The molecule has 0 spiro atoms. The average molecular weight is 273 g/mol. The van der Waals surface area contributed by atoms with E-state index in [-0.39, 0.29) is 5.60 Å². The molecule has 0 saturated carbocycles. The Morgan fingerprint density at radius 2 is 2.20 bits per heavy atom. The van der Waals surface area contributed by atoms with Gasteiger partial charge < -0.3 is 14.8 Å². The lowest BCUT2D eigenvalue weighted by atomic mass is 9.95. The summed E-state index contributed by atoms with van der Waals surface area (Å²) in [6.45, 7) is 5.24. The first-order valence-electron chi connectivity index (χ1n) is 7.79. The highest BCUT2D eigenvalue weighted by molar-refractivity contribution is 5.41. The molecule has 3 unspecified atom stereocenters. The summed E-state index contributed by atoms with van der Waals surface area (Å²) < 4.78 is 11.8. The maximum absolute atomic E-state index is 5.93. The second-order valence-corrected chi connectivity index (χ2v) is 7.08. The summed E-state index contributed by atoms with van der Waals surface area (Å²) in [5, 5.41) is 3.68. The highest BCUT2D eigenvalue weighted by atomic mass is 16.5. The van der Waals surface area contributed by atoms with Crippen molar-refractivity contribution in [3.05, 3.63) is 29.3 Å². The molecule has 3 heteroatoms. The SMILES string of the molecule is CC1(C)Cc2cc(CNC3CC4CCC3O4)ccc2O1. The normalized spacial score (nSPS) is 33.2. The first-order chi connectivity index (χ1) is 9.59. The molecule has 0 aromatic heterocycles. The summed E-state index contributed by atoms with van der Waals surface area (Å²) in [4.78, 5) is 0. The maximum Gasteiger partial charge on any atom is 0.123 e. The lowest BCUT2D eigenvalue weighted by Crippen LogP contribution is -2.36. The van der Waals surface area contributed by atoms with Crippen LogP contribution in [0, 0.1) is 0 Å². The summed E-state index contributed by atoms with van der Waals surface area (Å²) >= 11 is 0. The van der Waals surface area contributed by atoms with Gasteiger partial charge in [0.25, 0.3) is 0 Å². The first-order valence-corrected chi connectivity index (χ1v) is 7.79. The molecule has 3 heterocycles. The van der Waals surface area contributed by atoms with Gasteiger partial charge in [-0.1, -0.05) is 12.1 Å². The van der Waals surface area contributed by atoms with E-state index < -0.39 is 0 Å². The highest BCUT2D eigenvalue weighted by Crippen LogP contribution is 2.36. The second-order valence-electron chi connectivity index (χ2n) is 7.08. The fourth-order valence-electron chi connectivity index (χ4n) is 3.87. The molecule has 20 heavy (non-hydrogen) atoms. The Morgan fingerprint density at radius 3 is 2.95 bits per heavy atom. The zero-order chi connectivity index (χ0) is 13.7. The third-order valence-corrected chi connectivity index (χ3v) is 4.80. The quantitative estimate of drug-likeness (QED) is 0.918. The molecule has 3 nitrogen and oxygen atoms in total. The number of nitrogens with one attached hydrogen (secondary N) is 1. The fourth-order valence-corrected chi connectivity index (χ4v) is 3.87.